The third-order valence-corrected chi connectivity index (χ3v) is 5.25. The van der Waals surface area contributed by atoms with Gasteiger partial charge in [0, 0.05) is 12.1 Å². The van der Waals surface area contributed by atoms with E-state index in [1.807, 2.05) is 24.3 Å². The third-order valence-electron chi connectivity index (χ3n) is 3.85. The fourth-order valence-electron chi connectivity index (χ4n) is 2.41. The van der Waals surface area contributed by atoms with Gasteiger partial charge in [0.2, 0.25) is 10.0 Å². The molecule has 1 N–H and O–H groups in total. The van der Waals surface area contributed by atoms with Crippen molar-refractivity contribution in [3.8, 4) is 0 Å². The van der Waals surface area contributed by atoms with Crippen molar-refractivity contribution in [2.24, 2.45) is 0 Å². The Bertz CT molecular complexity index is 997. The lowest BCUT2D eigenvalue weighted by Crippen LogP contribution is -2.23. The molecule has 0 fully saturated rings. The van der Waals surface area contributed by atoms with Crippen LogP contribution in [0.4, 0.5) is 0 Å². The predicted octanol–water partition coefficient (Wildman–Crippen LogP) is 2.01. The number of aromatic nitrogens is 3. The van der Waals surface area contributed by atoms with Crippen molar-refractivity contribution in [2.45, 2.75) is 24.9 Å². The Balaban J connectivity index is 1.66. The molecule has 0 saturated carbocycles. The molecule has 3 aromatic rings. The first-order valence-corrected chi connectivity index (χ1v) is 9.43. The number of nitrogens with zero attached hydrogens (tertiary/aromatic N) is 3. The minimum Gasteiger partial charge on any atom is -0.295 e. The van der Waals surface area contributed by atoms with Gasteiger partial charge in [-0.3, -0.25) is 4.79 Å². The molecule has 0 atom stereocenters. The zero-order valence-electron chi connectivity index (χ0n) is 14.2. The number of carbonyl (C=O) groups excluding carboxylic acids is 1. The highest BCUT2D eigenvalue weighted by atomic mass is 32.2. The van der Waals surface area contributed by atoms with Gasteiger partial charge >= 0.3 is 0 Å². The molecule has 0 amide bonds. The molecule has 0 radical (unpaired) electrons. The van der Waals surface area contributed by atoms with E-state index in [1.54, 1.807) is 23.1 Å². The minimum absolute atomic E-state index is 0.0769. The predicted molar refractivity (Wildman–Crippen MR) is 96.0 cm³/mol. The summed E-state index contributed by atoms with van der Waals surface area (Å²) in [6.45, 7) is 2.17. The first-order valence-electron chi connectivity index (χ1n) is 7.95. The van der Waals surface area contributed by atoms with Crippen LogP contribution in [0.1, 0.15) is 28.4 Å². The lowest BCUT2D eigenvalue weighted by atomic mass is 10.1. The fraction of sp³-hybridized carbons (Fsp3) is 0.167. The van der Waals surface area contributed by atoms with Gasteiger partial charge in [-0.25, -0.2) is 22.8 Å². The number of rotatable bonds is 7. The lowest BCUT2D eigenvalue weighted by molar-refractivity contribution is 0.101. The summed E-state index contributed by atoms with van der Waals surface area (Å²) in [4.78, 5) is 15.4. The molecular formula is C18H18N4O3S. The first-order chi connectivity index (χ1) is 12.4. The zero-order valence-corrected chi connectivity index (χ0v) is 15.0. The van der Waals surface area contributed by atoms with E-state index in [2.05, 4.69) is 14.8 Å². The molecule has 7 nitrogen and oxygen atoms in total. The highest BCUT2D eigenvalue weighted by Gasteiger charge is 2.15. The molecule has 0 aliphatic rings. The summed E-state index contributed by atoms with van der Waals surface area (Å²) in [5.41, 5.74) is 2.24. The van der Waals surface area contributed by atoms with Crippen LogP contribution in [0.3, 0.4) is 0 Å². The molecule has 0 unspecified atom stereocenters. The minimum atomic E-state index is -3.69. The summed E-state index contributed by atoms with van der Waals surface area (Å²) in [5, 5.41) is 4.05. The van der Waals surface area contributed by atoms with E-state index in [-0.39, 0.29) is 17.2 Å². The van der Waals surface area contributed by atoms with Crippen LogP contribution in [-0.4, -0.2) is 29.0 Å². The summed E-state index contributed by atoms with van der Waals surface area (Å²) in [6, 6.07) is 13.6. The smallest absolute Gasteiger partial charge is 0.240 e. The van der Waals surface area contributed by atoms with Crippen LogP contribution in [0.15, 0.2) is 66.1 Å². The van der Waals surface area contributed by atoms with Gasteiger partial charge in [-0.2, -0.15) is 5.10 Å². The van der Waals surface area contributed by atoms with Crippen molar-refractivity contribution in [3.63, 3.8) is 0 Å². The number of hydrogen-bond acceptors (Lipinski definition) is 5. The topological polar surface area (TPSA) is 94.0 Å². The van der Waals surface area contributed by atoms with Gasteiger partial charge in [-0.1, -0.05) is 36.4 Å². The van der Waals surface area contributed by atoms with Crippen LogP contribution in [0, 0.1) is 0 Å². The number of benzene rings is 2. The van der Waals surface area contributed by atoms with Crippen LogP contribution in [-0.2, 0) is 23.1 Å². The Labute approximate surface area is 151 Å². The summed E-state index contributed by atoms with van der Waals surface area (Å²) < 4.78 is 29.1. The van der Waals surface area contributed by atoms with Crippen LogP contribution >= 0.6 is 0 Å². The Morgan fingerprint density at radius 2 is 1.85 bits per heavy atom. The Morgan fingerprint density at radius 3 is 2.50 bits per heavy atom. The Hall–Kier alpha value is -2.84. The summed E-state index contributed by atoms with van der Waals surface area (Å²) >= 11 is 0. The standard InChI is InChI=1S/C18H18N4O3S/c1-14(23)17-3-2-4-18(9-17)26(24,25)21-10-15-5-7-16(8-6-15)11-22-13-19-12-20-22/h2-9,12-13,21H,10-11H2,1H3. The SMILES string of the molecule is CC(=O)c1cccc(S(=O)(=O)NCc2ccc(Cn3cncn3)cc2)c1. The van der Waals surface area contributed by atoms with E-state index >= 15 is 0 Å². The van der Waals surface area contributed by atoms with Crippen molar-refractivity contribution in [3.05, 3.63) is 77.9 Å². The largest absolute Gasteiger partial charge is 0.295 e. The van der Waals surface area contributed by atoms with Crippen molar-refractivity contribution in [1.29, 1.82) is 0 Å². The quantitative estimate of drug-likeness (QED) is 0.642. The van der Waals surface area contributed by atoms with E-state index in [1.165, 1.54) is 25.4 Å². The maximum Gasteiger partial charge on any atom is 0.240 e. The number of Topliss-reactive ketones (excluding diaryl/α,β-unsaturated/α-hetero) is 1. The van der Waals surface area contributed by atoms with Gasteiger partial charge in [0.1, 0.15) is 12.7 Å². The number of sulfonamides is 1. The fourth-order valence-corrected chi connectivity index (χ4v) is 3.47. The Kier molecular flexibility index (Phi) is 5.24. The van der Waals surface area contributed by atoms with Crippen LogP contribution in [0.25, 0.3) is 0 Å². The van der Waals surface area contributed by atoms with E-state index in [0.29, 0.717) is 12.1 Å². The first kappa shape index (κ1) is 18.0. The van der Waals surface area contributed by atoms with Gasteiger partial charge in [0.15, 0.2) is 5.78 Å². The highest BCUT2D eigenvalue weighted by Crippen LogP contribution is 2.13. The molecule has 0 aliphatic carbocycles. The maximum atomic E-state index is 12.4. The molecule has 26 heavy (non-hydrogen) atoms. The summed E-state index contributed by atoms with van der Waals surface area (Å²) in [5.74, 6) is -0.176. The van der Waals surface area contributed by atoms with Crippen molar-refractivity contribution >= 4 is 15.8 Å². The van der Waals surface area contributed by atoms with Crippen LogP contribution < -0.4 is 4.72 Å². The van der Waals surface area contributed by atoms with Gasteiger partial charge in [-0.05, 0) is 30.2 Å². The van der Waals surface area contributed by atoms with Gasteiger partial charge in [0.05, 0.1) is 11.4 Å². The molecule has 0 bridgehead atoms. The summed E-state index contributed by atoms with van der Waals surface area (Å²) in [7, 11) is -3.69. The number of ketones is 1. The van der Waals surface area contributed by atoms with Crippen LogP contribution in [0.2, 0.25) is 0 Å². The monoisotopic (exact) mass is 370 g/mol. The average Bonchev–Trinajstić information content (AvgIpc) is 3.14. The van der Waals surface area contributed by atoms with Crippen LogP contribution in [0.5, 0.6) is 0 Å². The van der Waals surface area contributed by atoms with Crippen molar-refractivity contribution in [2.75, 3.05) is 0 Å². The molecule has 0 aliphatic heterocycles. The highest BCUT2D eigenvalue weighted by molar-refractivity contribution is 7.89. The molecule has 0 spiro atoms. The summed E-state index contributed by atoms with van der Waals surface area (Å²) in [6.07, 6.45) is 3.11. The van der Waals surface area contributed by atoms with Gasteiger partial charge in [0.25, 0.3) is 0 Å². The Morgan fingerprint density at radius 1 is 1.12 bits per heavy atom. The molecule has 1 aromatic heterocycles. The zero-order chi connectivity index (χ0) is 18.6. The second-order valence-electron chi connectivity index (χ2n) is 5.82. The van der Waals surface area contributed by atoms with E-state index < -0.39 is 10.0 Å². The second-order valence-corrected chi connectivity index (χ2v) is 7.59. The number of nitrogens with one attached hydrogen (secondary N) is 1. The maximum absolute atomic E-state index is 12.4. The number of carbonyl (C=O) groups is 1. The second kappa shape index (κ2) is 7.59. The van der Waals surface area contributed by atoms with E-state index in [0.717, 1.165) is 11.1 Å². The molecule has 134 valence electrons. The van der Waals surface area contributed by atoms with Gasteiger partial charge < -0.3 is 0 Å². The molecule has 8 heteroatoms. The molecule has 2 aromatic carbocycles. The normalized spacial score (nSPS) is 11.4. The molecule has 0 saturated heterocycles. The van der Waals surface area contributed by atoms with E-state index in [9.17, 15) is 13.2 Å². The average molecular weight is 370 g/mol. The molecule has 3 rings (SSSR count). The van der Waals surface area contributed by atoms with Crippen molar-refractivity contribution < 1.29 is 13.2 Å². The molecular weight excluding hydrogens is 352 g/mol. The van der Waals surface area contributed by atoms with Crippen molar-refractivity contribution in [1.82, 2.24) is 19.5 Å². The number of hydrogen-bond donors (Lipinski definition) is 1. The van der Waals surface area contributed by atoms with E-state index in [4.69, 9.17) is 0 Å². The van der Waals surface area contributed by atoms with Gasteiger partial charge in [-0.15, -0.1) is 0 Å². The molecule has 1 heterocycles. The third kappa shape index (κ3) is 4.41. The lowest BCUT2D eigenvalue weighted by Gasteiger charge is -2.09.